The highest BCUT2D eigenvalue weighted by molar-refractivity contribution is 7.13. The van der Waals surface area contributed by atoms with E-state index in [0.717, 1.165) is 16.3 Å². The van der Waals surface area contributed by atoms with Crippen molar-refractivity contribution in [3.63, 3.8) is 0 Å². The van der Waals surface area contributed by atoms with Gasteiger partial charge >= 0.3 is 0 Å². The van der Waals surface area contributed by atoms with Crippen molar-refractivity contribution < 1.29 is 13.9 Å². The molecule has 1 heterocycles. The fourth-order valence-electron chi connectivity index (χ4n) is 1.97. The monoisotopic (exact) mass is 328 g/mol. The van der Waals surface area contributed by atoms with Crippen LogP contribution in [-0.4, -0.2) is 18.0 Å². The van der Waals surface area contributed by atoms with Crippen molar-refractivity contribution in [2.24, 2.45) is 0 Å². The zero-order valence-electron chi connectivity index (χ0n) is 12.2. The van der Waals surface area contributed by atoms with Crippen molar-refractivity contribution in [2.75, 3.05) is 12.4 Å². The highest BCUT2D eigenvalue weighted by Gasteiger charge is 2.12. The van der Waals surface area contributed by atoms with E-state index in [2.05, 4.69) is 10.3 Å². The third kappa shape index (κ3) is 3.54. The molecule has 0 saturated carbocycles. The number of aromatic nitrogens is 1. The van der Waals surface area contributed by atoms with Gasteiger partial charge in [-0.2, -0.15) is 0 Å². The van der Waals surface area contributed by atoms with E-state index in [1.807, 2.05) is 24.3 Å². The Morgan fingerprint density at radius 3 is 2.48 bits per heavy atom. The van der Waals surface area contributed by atoms with Gasteiger partial charge in [0.05, 0.1) is 7.11 Å². The third-order valence-electron chi connectivity index (χ3n) is 3.18. The van der Waals surface area contributed by atoms with Crippen LogP contribution in [0.25, 0.3) is 10.6 Å². The molecule has 1 amide bonds. The van der Waals surface area contributed by atoms with E-state index in [1.54, 1.807) is 12.5 Å². The largest absolute Gasteiger partial charge is 0.497 e. The number of nitrogens with one attached hydrogen (secondary N) is 1. The van der Waals surface area contributed by atoms with Gasteiger partial charge in [0.2, 0.25) is 0 Å². The van der Waals surface area contributed by atoms with Crippen LogP contribution in [0.4, 0.5) is 10.1 Å². The van der Waals surface area contributed by atoms with Crippen LogP contribution >= 0.6 is 11.3 Å². The summed E-state index contributed by atoms with van der Waals surface area (Å²) < 4.78 is 18.0. The fourth-order valence-corrected chi connectivity index (χ4v) is 2.78. The van der Waals surface area contributed by atoms with E-state index in [4.69, 9.17) is 4.74 Å². The number of carbonyl (C=O) groups is 1. The molecular formula is C17H13FN2O2S. The van der Waals surface area contributed by atoms with Crippen molar-refractivity contribution in [1.82, 2.24) is 4.98 Å². The Labute approximate surface area is 136 Å². The second-order valence-corrected chi connectivity index (χ2v) is 5.59. The molecule has 1 aromatic heterocycles. The molecule has 0 spiro atoms. The lowest BCUT2D eigenvalue weighted by Crippen LogP contribution is -2.12. The lowest BCUT2D eigenvalue weighted by Gasteiger charge is -2.02. The average molecular weight is 328 g/mol. The normalized spacial score (nSPS) is 10.3. The maximum Gasteiger partial charge on any atom is 0.275 e. The van der Waals surface area contributed by atoms with Crippen LogP contribution in [0.15, 0.2) is 53.9 Å². The molecule has 0 aliphatic carbocycles. The van der Waals surface area contributed by atoms with Gasteiger partial charge in [0.25, 0.3) is 5.91 Å². The first-order valence-electron chi connectivity index (χ1n) is 6.82. The molecule has 0 aliphatic rings. The lowest BCUT2D eigenvalue weighted by molar-refractivity contribution is 0.102. The maximum absolute atomic E-state index is 12.9. The number of benzene rings is 2. The number of nitrogens with zero attached hydrogens (tertiary/aromatic N) is 1. The Bertz CT molecular complexity index is 813. The van der Waals surface area contributed by atoms with Crippen LogP contribution in [0.3, 0.4) is 0 Å². The molecule has 23 heavy (non-hydrogen) atoms. The first-order chi connectivity index (χ1) is 11.2. The van der Waals surface area contributed by atoms with Gasteiger partial charge in [0.1, 0.15) is 22.3 Å². The summed E-state index contributed by atoms with van der Waals surface area (Å²) in [5, 5.41) is 5.13. The standard InChI is InChI=1S/C17H13FN2O2S/c1-22-14-8-2-11(3-9-14)17-20-15(10-23-17)16(21)19-13-6-4-12(18)5-7-13/h2-10H,1H3,(H,19,21). The third-order valence-corrected chi connectivity index (χ3v) is 4.07. The minimum Gasteiger partial charge on any atom is -0.497 e. The Balaban J connectivity index is 1.75. The average Bonchev–Trinajstić information content (AvgIpc) is 3.07. The number of halogens is 1. The Morgan fingerprint density at radius 2 is 1.83 bits per heavy atom. The van der Waals surface area contributed by atoms with Gasteiger partial charge in [-0.1, -0.05) is 0 Å². The summed E-state index contributed by atoms with van der Waals surface area (Å²) >= 11 is 1.38. The number of hydrogen-bond acceptors (Lipinski definition) is 4. The van der Waals surface area contributed by atoms with E-state index in [1.165, 1.54) is 35.6 Å². The van der Waals surface area contributed by atoms with Crippen LogP contribution in [0.5, 0.6) is 5.75 Å². The number of carbonyl (C=O) groups excluding carboxylic acids is 1. The van der Waals surface area contributed by atoms with Crippen LogP contribution in [0.2, 0.25) is 0 Å². The zero-order valence-corrected chi connectivity index (χ0v) is 13.1. The quantitative estimate of drug-likeness (QED) is 0.780. The van der Waals surface area contributed by atoms with Crippen molar-refractivity contribution >= 4 is 22.9 Å². The summed E-state index contributed by atoms with van der Waals surface area (Å²) in [6, 6.07) is 13.1. The molecule has 0 radical (unpaired) electrons. The van der Waals surface area contributed by atoms with Crippen molar-refractivity contribution in [1.29, 1.82) is 0 Å². The predicted molar refractivity (Wildman–Crippen MR) is 88.5 cm³/mol. The number of methoxy groups -OCH3 is 1. The van der Waals surface area contributed by atoms with Crippen LogP contribution in [0.1, 0.15) is 10.5 Å². The Kier molecular flexibility index (Phi) is 4.34. The van der Waals surface area contributed by atoms with Gasteiger partial charge in [-0.25, -0.2) is 9.37 Å². The van der Waals surface area contributed by atoms with E-state index in [-0.39, 0.29) is 11.7 Å². The highest BCUT2D eigenvalue weighted by atomic mass is 32.1. The van der Waals surface area contributed by atoms with Gasteiger partial charge in [0, 0.05) is 16.6 Å². The minimum atomic E-state index is -0.349. The first kappa shape index (κ1) is 15.2. The van der Waals surface area contributed by atoms with Gasteiger partial charge < -0.3 is 10.1 Å². The number of amides is 1. The van der Waals surface area contributed by atoms with Crippen LogP contribution in [-0.2, 0) is 0 Å². The summed E-state index contributed by atoms with van der Waals surface area (Å²) in [5.41, 5.74) is 1.76. The molecule has 0 fully saturated rings. The topological polar surface area (TPSA) is 51.2 Å². The molecule has 0 saturated heterocycles. The summed E-state index contributed by atoms with van der Waals surface area (Å²) in [5.74, 6) is 0.0886. The van der Waals surface area contributed by atoms with Crippen LogP contribution in [0, 0.1) is 5.82 Å². The molecule has 0 bridgehead atoms. The first-order valence-corrected chi connectivity index (χ1v) is 7.70. The van der Waals surface area contributed by atoms with E-state index in [0.29, 0.717) is 11.4 Å². The summed E-state index contributed by atoms with van der Waals surface area (Å²) in [7, 11) is 1.61. The molecule has 0 unspecified atom stereocenters. The number of anilines is 1. The van der Waals surface area contributed by atoms with Gasteiger partial charge in [-0.3, -0.25) is 4.79 Å². The number of ether oxygens (including phenoxy) is 1. The second-order valence-electron chi connectivity index (χ2n) is 4.73. The maximum atomic E-state index is 12.9. The summed E-state index contributed by atoms with van der Waals surface area (Å²) in [4.78, 5) is 16.5. The molecule has 116 valence electrons. The summed E-state index contributed by atoms with van der Waals surface area (Å²) in [6.45, 7) is 0. The molecule has 0 aliphatic heterocycles. The van der Waals surface area contributed by atoms with Gasteiger partial charge in [-0.05, 0) is 48.5 Å². The molecule has 2 aromatic carbocycles. The summed E-state index contributed by atoms with van der Waals surface area (Å²) in [6.07, 6.45) is 0. The zero-order chi connectivity index (χ0) is 16.2. The predicted octanol–water partition coefficient (Wildman–Crippen LogP) is 4.21. The van der Waals surface area contributed by atoms with Crippen molar-refractivity contribution in [3.05, 3.63) is 65.4 Å². The molecule has 4 nitrogen and oxygen atoms in total. The van der Waals surface area contributed by atoms with Gasteiger partial charge in [-0.15, -0.1) is 11.3 Å². The second kappa shape index (κ2) is 6.58. The van der Waals surface area contributed by atoms with E-state index >= 15 is 0 Å². The van der Waals surface area contributed by atoms with Crippen LogP contribution < -0.4 is 10.1 Å². The minimum absolute atomic E-state index is 0.324. The van der Waals surface area contributed by atoms with E-state index in [9.17, 15) is 9.18 Å². The molecule has 1 N–H and O–H groups in total. The Hall–Kier alpha value is -2.73. The number of hydrogen-bond donors (Lipinski definition) is 1. The van der Waals surface area contributed by atoms with Crippen molar-refractivity contribution in [2.45, 2.75) is 0 Å². The molecule has 6 heteroatoms. The van der Waals surface area contributed by atoms with E-state index < -0.39 is 0 Å². The number of rotatable bonds is 4. The molecule has 0 atom stereocenters. The molecular weight excluding hydrogens is 315 g/mol. The highest BCUT2D eigenvalue weighted by Crippen LogP contribution is 2.26. The smallest absolute Gasteiger partial charge is 0.275 e. The fraction of sp³-hybridized carbons (Fsp3) is 0.0588. The lowest BCUT2D eigenvalue weighted by atomic mass is 10.2. The SMILES string of the molecule is COc1ccc(-c2nc(C(=O)Nc3ccc(F)cc3)cs2)cc1. The van der Waals surface area contributed by atoms with Gasteiger partial charge in [0.15, 0.2) is 0 Å². The Morgan fingerprint density at radius 1 is 1.13 bits per heavy atom. The molecule has 3 aromatic rings. The number of thiazole rings is 1. The van der Waals surface area contributed by atoms with Crippen molar-refractivity contribution in [3.8, 4) is 16.3 Å². The molecule has 3 rings (SSSR count).